The SMILES string of the molecule is CN[C@@H](CN)c1cccc(Cl)c1Cl. The molecule has 2 nitrogen and oxygen atoms in total. The van der Waals surface area contributed by atoms with E-state index in [2.05, 4.69) is 5.32 Å². The van der Waals surface area contributed by atoms with Gasteiger partial charge in [0.1, 0.15) is 0 Å². The first-order valence-electron chi connectivity index (χ1n) is 4.02. The molecule has 1 aromatic rings. The molecule has 0 radical (unpaired) electrons. The van der Waals surface area contributed by atoms with Gasteiger partial charge in [-0.25, -0.2) is 0 Å². The molecule has 0 saturated carbocycles. The lowest BCUT2D eigenvalue weighted by atomic mass is 10.1. The van der Waals surface area contributed by atoms with E-state index in [1.165, 1.54) is 0 Å². The molecule has 1 atom stereocenters. The minimum absolute atomic E-state index is 0.0613. The molecule has 0 heterocycles. The van der Waals surface area contributed by atoms with Crippen LogP contribution in [0.25, 0.3) is 0 Å². The van der Waals surface area contributed by atoms with E-state index in [1.54, 1.807) is 6.07 Å². The van der Waals surface area contributed by atoms with Crippen molar-refractivity contribution in [2.45, 2.75) is 6.04 Å². The number of nitrogens with two attached hydrogens (primary N) is 1. The highest BCUT2D eigenvalue weighted by molar-refractivity contribution is 6.42. The van der Waals surface area contributed by atoms with Crippen LogP contribution in [0, 0.1) is 0 Å². The Bertz CT molecular complexity index is 285. The average molecular weight is 219 g/mol. The Kier molecular flexibility index (Phi) is 4.00. The summed E-state index contributed by atoms with van der Waals surface area (Å²) in [5, 5.41) is 4.21. The molecule has 0 saturated heterocycles. The largest absolute Gasteiger partial charge is 0.329 e. The van der Waals surface area contributed by atoms with Gasteiger partial charge < -0.3 is 11.1 Å². The highest BCUT2D eigenvalue weighted by Crippen LogP contribution is 2.29. The summed E-state index contributed by atoms with van der Waals surface area (Å²) >= 11 is 11.9. The van der Waals surface area contributed by atoms with Gasteiger partial charge in [0.15, 0.2) is 0 Å². The van der Waals surface area contributed by atoms with Crippen LogP contribution < -0.4 is 11.1 Å². The highest BCUT2D eigenvalue weighted by atomic mass is 35.5. The molecule has 13 heavy (non-hydrogen) atoms. The third-order valence-corrected chi connectivity index (χ3v) is 2.77. The van der Waals surface area contributed by atoms with Crippen LogP contribution in [0.15, 0.2) is 18.2 Å². The van der Waals surface area contributed by atoms with Crippen LogP contribution in [-0.2, 0) is 0 Å². The summed E-state index contributed by atoms with van der Waals surface area (Å²) in [6.07, 6.45) is 0. The molecule has 0 unspecified atom stereocenters. The number of rotatable bonds is 3. The van der Waals surface area contributed by atoms with Gasteiger partial charge in [-0.05, 0) is 18.7 Å². The molecular weight excluding hydrogens is 207 g/mol. The van der Waals surface area contributed by atoms with Gasteiger partial charge in [0.05, 0.1) is 10.0 Å². The normalized spacial score (nSPS) is 12.9. The molecule has 3 N–H and O–H groups in total. The van der Waals surface area contributed by atoms with Crippen LogP contribution in [0.1, 0.15) is 11.6 Å². The third kappa shape index (κ3) is 2.35. The second kappa shape index (κ2) is 4.82. The molecule has 0 bridgehead atoms. The van der Waals surface area contributed by atoms with Gasteiger partial charge in [-0.15, -0.1) is 0 Å². The lowest BCUT2D eigenvalue weighted by Crippen LogP contribution is -2.25. The Morgan fingerprint density at radius 2 is 2.15 bits per heavy atom. The molecule has 0 amide bonds. The molecule has 0 spiro atoms. The standard InChI is InChI=1S/C9H12Cl2N2/c1-13-8(5-12)6-3-2-4-7(10)9(6)11/h2-4,8,13H,5,12H2,1H3/t8-/m0/s1. The van der Waals surface area contributed by atoms with Crippen LogP contribution in [0.2, 0.25) is 10.0 Å². The van der Waals surface area contributed by atoms with E-state index >= 15 is 0 Å². The summed E-state index contributed by atoms with van der Waals surface area (Å²) in [4.78, 5) is 0. The van der Waals surface area contributed by atoms with Crippen molar-refractivity contribution in [2.75, 3.05) is 13.6 Å². The predicted octanol–water partition coefficient (Wildman–Crippen LogP) is 2.21. The first-order valence-corrected chi connectivity index (χ1v) is 4.77. The first-order chi connectivity index (χ1) is 6.20. The fourth-order valence-corrected chi connectivity index (χ4v) is 1.63. The molecular formula is C9H12Cl2N2. The summed E-state index contributed by atoms with van der Waals surface area (Å²) in [6, 6.07) is 5.61. The molecule has 0 aliphatic carbocycles. The van der Waals surface area contributed by atoms with Gasteiger partial charge in [0, 0.05) is 12.6 Å². The van der Waals surface area contributed by atoms with E-state index in [0.29, 0.717) is 16.6 Å². The minimum atomic E-state index is 0.0613. The molecule has 4 heteroatoms. The molecule has 1 rings (SSSR count). The molecule has 0 aliphatic heterocycles. The number of halogens is 2. The molecule has 0 aliphatic rings. The van der Waals surface area contributed by atoms with Crippen LogP contribution in [0.5, 0.6) is 0 Å². The zero-order valence-corrected chi connectivity index (χ0v) is 8.86. The van der Waals surface area contributed by atoms with E-state index in [1.807, 2.05) is 19.2 Å². The van der Waals surface area contributed by atoms with Gasteiger partial charge in [-0.1, -0.05) is 35.3 Å². The van der Waals surface area contributed by atoms with Crippen LogP contribution in [0.4, 0.5) is 0 Å². The van der Waals surface area contributed by atoms with Crippen molar-refractivity contribution in [3.05, 3.63) is 33.8 Å². The van der Waals surface area contributed by atoms with E-state index < -0.39 is 0 Å². The Balaban J connectivity index is 3.05. The average Bonchev–Trinajstić information content (AvgIpc) is 2.14. The van der Waals surface area contributed by atoms with Crippen LogP contribution in [0.3, 0.4) is 0 Å². The summed E-state index contributed by atoms with van der Waals surface area (Å²) in [7, 11) is 1.84. The molecule has 1 aromatic carbocycles. The number of hydrogen-bond acceptors (Lipinski definition) is 2. The van der Waals surface area contributed by atoms with Crippen molar-refractivity contribution in [1.82, 2.24) is 5.32 Å². The molecule has 72 valence electrons. The summed E-state index contributed by atoms with van der Waals surface area (Å²) < 4.78 is 0. The van der Waals surface area contributed by atoms with Gasteiger partial charge in [0.2, 0.25) is 0 Å². The lowest BCUT2D eigenvalue weighted by Gasteiger charge is -2.15. The second-order valence-electron chi connectivity index (χ2n) is 2.72. The number of benzene rings is 1. The van der Waals surface area contributed by atoms with E-state index in [-0.39, 0.29) is 6.04 Å². The quantitative estimate of drug-likeness (QED) is 0.817. The highest BCUT2D eigenvalue weighted by Gasteiger charge is 2.12. The fraction of sp³-hybridized carbons (Fsp3) is 0.333. The minimum Gasteiger partial charge on any atom is -0.329 e. The maximum absolute atomic E-state index is 6.02. The van der Waals surface area contributed by atoms with E-state index in [9.17, 15) is 0 Å². The van der Waals surface area contributed by atoms with Gasteiger partial charge >= 0.3 is 0 Å². The number of hydrogen-bond donors (Lipinski definition) is 2. The topological polar surface area (TPSA) is 38.0 Å². The van der Waals surface area contributed by atoms with E-state index in [4.69, 9.17) is 28.9 Å². The van der Waals surface area contributed by atoms with Crippen molar-refractivity contribution >= 4 is 23.2 Å². The van der Waals surface area contributed by atoms with E-state index in [0.717, 1.165) is 5.56 Å². The van der Waals surface area contributed by atoms with Crippen molar-refractivity contribution in [3.8, 4) is 0 Å². The molecule has 0 fully saturated rings. The Morgan fingerprint density at radius 1 is 1.46 bits per heavy atom. The number of likely N-dealkylation sites (N-methyl/N-ethyl adjacent to an activating group) is 1. The smallest absolute Gasteiger partial charge is 0.0640 e. The lowest BCUT2D eigenvalue weighted by molar-refractivity contribution is 0.606. The zero-order valence-electron chi connectivity index (χ0n) is 7.35. The molecule has 0 aromatic heterocycles. The Morgan fingerprint density at radius 3 is 2.69 bits per heavy atom. The number of nitrogens with one attached hydrogen (secondary N) is 1. The van der Waals surface area contributed by atoms with Crippen molar-refractivity contribution in [2.24, 2.45) is 5.73 Å². The van der Waals surface area contributed by atoms with Crippen LogP contribution in [-0.4, -0.2) is 13.6 Å². The second-order valence-corrected chi connectivity index (χ2v) is 3.51. The van der Waals surface area contributed by atoms with Crippen molar-refractivity contribution < 1.29 is 0 Å². The van der Waals surface area contributed by atoms with Gasteiger partial charge in [-0.2, -0.15) is 0 Å². The summed E-state index contributed by atoms with van der Waals surface area (Å²) in [5.41, 5.74) is 6.51. The van der Waals surface area contributed by atoms with Crippen LogP contribution >= 0.6 is 23.2 Å². The zero-order chi connectivity index (χ0) is 9.84. The van der Waals surface area contributed by atoms with Gasteiger partial charge in [-0.3, -0.25) is 0 Å². The summed E-state index contributed by atoms with van der Waals surface area (Å²) in [5.74, 6) is 0. The Labute approximate surface area is 88.0 Å². The maximum atomic E-state index is 6.02. The van der Waals surface area contributed by atoms with Gasteiger partial charge in [0.25, 0.3) is 0 Å². The Hall–Kier alpha value is -0.280. The third-order valence-electron chi connectivity index (χ3n) is 1.94. The fourth-order valence-electron chi connectivity index (χ4n) is 1.19. The predicted molar refractivity (Wildman–Crippen MR) is 57.3 cm³/mol. The van der Waals surface area contributed by atoms with Crippen molar-refractivity contribution in [1.29, 1.82) is 0 Å². The first kappa shape index (κ1) is 10.8. The maximum Gasteiger partial charge on any atom is 0.0640 e. The van der Waals surface area contributed by atoms with Crippen molar-refractivity contribution in [3.63, 3.8) is 0 Å². The summed E-state index contributed by atoms with van der Waals surface area (Å²) in [6.45, 7) is 0.497. The monoisotopic (exact) mass is 218 g/mol.